The number of rotatable bonds is 3. The van der Waals surface area contributed by atoms with Gasteiger partial charge in [-0.25, -0.2) is 4.98 Å². The molecule has 6 heteroatoms. The number of aromatic nitrogens is 2. The maximum atomic E-state index is 12.4. The summed E-state index contributed by atoms with van der Waals surface area (Å²) in [5, 5.41) is 0.888. The molecular formula is C16H13ClN2O3. The fourth-order valence-electron chi connectivity index (χ4n) is 2.27. The van der Waals surface area contributed by atoms with Crippen LogP contribution in [0.2, 0.25) is 5.02 Å². The number of hydrogen-bond acceptors (Lipinski definition) is 4. The zero-order valence-electron chi connectivity index (χ0n) is 12.0. The summed E-state index contributed by atoms with van der Waals surface area (Å²) in [6.45, 7) is 0. The SMILES string of the molecule is COc1cc(OC)c2c(=O)[nH]c(-c3ccccc3Cl)nc2c1. The summed E-state index contributed by atoms with van der Waals surface area (Å²) in [6.07, 6.45) is 0. The molecule has 1 aromatic heterocycles. The fourth-order valence-corrected chi connectivity index (χ4v) is 2.50. The molecule has 0 atom stereocenters. The lowest BCUT2D eigenvalue weighted by atomic mass is 10.1. The standard InChI is InChI=1S/C16H13ClN2O3/c1-21-9-7-12-14(13(8-9)22-2)16(20)19-15(18-12)10-5-3-4-6-11(10)17/h3-8H,1-2H3,(H,18,19,20). The van der Waals surface area contributed by atoms with Gasteiger partial charge in [0.2, 0.25) is 0 Å². The quantitative estimate of drug-likeness (QED) is 0.805. The van der Waals surface area contributed by atoms with E-state index in [0.29, 0.717) is 38.8 Å². The van der Waals surface area contributed by atoms with E-state index < -0.39 is 0 Å². The molecule has 0 saturated carbocycles. The van der Waals surface area contributed by atoms with Crippen molar-refractivity contribution in [1.82, 2.24) is 9.97 Å². The first kappa shape index (κ1) is 14.4. The van der Waals surface area contributed by atoms with Crippen molar-refractivity contribution in [3.8, 4) is 22.9 Å². The first-order valence-corrected chi connectivity index (χ1v) is 6.93. The molecule has 112 valence electrons. The number of halogens is 1. The molecule has 5 nitrogen and oxygen atoms in total. The molecule has 1 heterocycles. The third kappa shape index (κ3) is 2.40. The number of aromatic amines is 1. The van der Waals surface area contributed by atoms with Crippen molar-refractivity contribution in [1.29, 1.82) is 0 Å². The second-order valence-electron chi connectivity index (χ2n) is 4.62. The van der Waals surface area contributed by atoms with E-state index >= 15 is 0 Å². The fraction of sp³-hybridized carbons (Fsp3) is 0.125. The van der Waals surface area contributed by atoms with E-state index in [1.165, 1.54) is 7.11 Å². The van der Waals surface area contributed by atoms with Gasteiger partial charge in [-0.15, -0.1) is 0 Å². The number of fused-ring (bicyclic) bond motifs is 1. The number of nitrogens with zero attached hydrogens (tertiary/aromatic N) is 1. The van der Waals surface area contributed by atoms with Crippen LogP contribution < -0.4 is 15.0 Å². The molecule has 0 aliphatic heterocycles. The average molecular weight is 317 g/mol. The second kappa shape index (κ2) is 5.69. The molecule has 0 radical (unpaired) electrons. The van der Waals surface area contributed by atoms with Crippen LogP contribution in [0, 0.1) is 0 Å². The largest absolute Gasteiger partial charge is 0.497 e. The minimum absolute atomic E-state index is 0.292. The first-order chi connectivity index (χ1) is 10.6. The van der Waals surface area contributed by atoms with E-state index in [1.807, 2.05) is 12.1 Å². The normalized spacial score (nSPS) is 10.7. The number of benzene rings is 2. The van der Waals surface area contributed by atoms with Crippen molar-refractivity contribution in [2.45, 2.75) is 0 Å². The Kier molecular flexibility index (Phi) is 3.73. The van der Waals surface area contributed by atoms with Crippen molar-refractivity contribution in [2.24, 2.45) is 0 Å². The Morgan fingerprint density at radius 1 is 1.14 bits per heavy atom. The molecule has 0 fully saturated rings. The van der Waals surface area contributed by atoms with Crippen LogP contribution in [-0.4, -0.2) is 24.2 Å². The molecular weight excluding hydrogens is 304 g/mol. The Balaban J connectivity index is 2.33. The molecule has 3 aromatic rings. The van der Waals surface area contributed by atoms with Gasteiger partial charge in [0.15, 0.2) is 0 Å². The van der Waals surface area contributed by atoms with E-state index in [2.05, 4.69) is 9.97 Å². The molecule has 2 aromatic carbocycles. The first-order valence-electron chi connectivity index (χ1n) is 6.55. The maximum Gasteiger partial charge on any atom is 0.262 e. The van der Waals surface area contributed by atoms with Gasteiger partial charge in [0.1, 0.15) is 22.7 Å². The van der Waals surface area contributed by atoms with Crippen molar-refractivity contribution in [3.63, 3.8) is 0 Å². The van der Waals surface area contributed by atoms with E-state index in [4.69, 9.17) is 21.1 Å². The van der Waals surface area contributed by atoms with Gasteiger partial charge in [-0.1, -0.05) is 23.7 Å². The molecule has 0 unspecified atom stereocenters. The van der Waals surface area contributed by atoms with Crippen LogP contribution in [0.5, 0.6) is 11.5 Å². The maximum absolute atomic E-state index is 12.4. The third-order valence-corrected chi connectivity index (χ3v) is 3.66. The van der Waals surface area contributed by atoms with Crippen LogP contribution in [0.3, 0.4) is 0 Å². The lowest BCUT2D eigenvalue weighted by Gasteiger charge is -2.09. The van der Waals surface area contributed by atoms with E-state index in [1.54, 1.807) is 31.4 Å². The Morgan fingerprint density at radius 3 is 2.59 bits per heavy atom. The smallest absolute Gasteiger partial charge is 0.262 e. The van der Waals surface area contributed by atoms with Crippen LogP contribution in [0.15, 0.2) is 41.2 Å². The highest BCUT2D eigenvalue weighted by Crippen LogP contribution is 2.30. The summed E-state index contributed by atoms with van der Waals surface area (Å²) in [7, 11) is 3.04. The van der Waals surface area contributed by atoms with Crippen molar-refractivity contribution in [2.75, 3.05) is 14.2 Å². The number of H-pyrrole nitrogens is 1. The predicted molar refractivity (Wildman–Crippen MR) is 85.9 cm³/mol. The van der Waals surface area contributed by atoms with E-state index in [0.717, 1.165) is 0 Å². The minimum atomic E-state index is -0.292. The van der Waals surface area contributed by atoms with Gasteiger partial charge >= 0.3 is 0 Å². The summed E-state index contributed by atoms with van der Waals surface area (Å²) in [5.74, 6) is 1.37. The van der Waals surface area contributed by atoms with E-state index in [9.17, 15) is 4.79 Å². The van der Waals surface area contributed by atoms with Crippen LogP contribution in [0.1, 0.15) is 0 Å². The Hall–Kier alpha value is -2.53. The van der Waals surface area contributed by atoms with Crippen molar-refractivity contribution in [3.05, 3.63) is 51.8 Å². The topological polar surface area (TPSA) is 64.2 Å². The van der Waals surface area contributed by atoms with Gasteiger partial charge in [0, 0.05) is 17.7 Å². The lowest BCUT2D eigenvalue weighted by molar-refractivity contribution is 0.397. The second-order valence-corrected chi connectivity index (χ2v) is 5.03. The predicted octanol–water partition coefficient (Wildman–Crippen LogP) is 3.26. The third-order valence-electron chi connectivity index (χ3n) is 3.33. The monoisotopic (exact) mass is 316 g/mol. The van der Waals surface area contributed by atoms with Gasteiger partial charge in [0.05, 0.1) is 24.8 Å². The summed E-state index contributed by atoms with van der Waals surface area (Å²) < 4.78 is 10.5. The number of methoxy groups -OCH3 is 2. The van der Waals surface area contributed by atoms with Gasteiger partial charge < -0.3 is 14.5 Å². The summed E-state index contributed by atoms with van der Waals surface area (Å²) in [4.78, 5) is 19.6. The summed E-state index contributed by atoms with van der Waals surface area (Å²) in [6, 6.07) is 10.5. The Labute approximate surface area is 131 Å². The van der Waals surface area contributed by atoms with Crippen molar-refractivity contribution >= 4 is 22.5 Å². The molecule has 0 spiro atoms. The van der Waals surface area contributed by atoms with Gasteiger partial charge in [-0.2, -0.15) is 0 Å². The number of ether oxygens (including phenoxy) is 2. The van der Waals surface area contributed by atoms with Crippen LogP contribution >= 0.6 is 11.6 Å². The molecule has 22 heavy (non-hydrogen) atoms. The number of nitrogens with one attached hydrogen (secondary N) is 1. The summed E-state index contributed by atoms with van der Waals surface area (Å²) >= 11 is 6.17. The highest BCUT2D eigenvalue weighted by Gasteiger charge is 2.14. The average Bonchev–Trinajstić information content (AvgIpc) is 2.53. The van der Waals surface area contributed by atoms with Gasteiger partial charge in [-0.05, 0) is 12.1 Å². The summed E-state index contributed by atoms with van der Waals surface area (Å²) in [5.41, 5.74) is 0.847. The number of hydrogen-bond donors (Lipinski definition) is 1. The zero-order valence-corrected chi connectivity index (χ0v) is 12.8. The molecule has 3 rings (SSSR count). The van der Waals surface area contributed by atoms with Crippen LogP contribution in [-0.2, 0) is 0 Å². The minimum Gasteiger partial charge on any atom is -0.497 e. The Morgan fingerprint density at radius 2 is 1.91 bits per heavy atom. The zero-order chi connectivity index (χ0) is 15.7. The lowest BCUT2D eigenvalue weighted by Crippen LogP contribution is -2.11. The Bertz CT molecular complexity index is 906. The molecule has 0 bridgehead atoms. The van der Waals surface area contributed by atoms with Crippen LogP contribution in [0.25, 0.3) is 22.3 Å². The molecule has 0 aliphatic rings. The highest BCUT2D eigenvalue weighted by molar-refractivity contribution is 6.33. The van der Waals surface area contributed by atoms with Gasteiger partial charge in [0.25, 0.3) is 5.56 Å². The van der Waals surface area contributed by atoms with Crippen molar-refractivity contribution < 1.29 is 9.47 Å². The van der Waals surface area contributed by atoms with Crippen LogP contribution in [0.4, 0.5) is 0 Å². The van der Waals surface area contributed by atoms with Gasteiger partial charge in [-0.3, -0.25) is 4.79 Å². The molecule has 0 aliphatic carbocycles. The molecule has 0 amide bonds. The highest BCUT2D eigenvalue weighted by atomic mass is 35.5. The molecule has 1 N–H and O–H groups in total. The van der Waals surface area contributed by atoms with E-state index in [-0.39, 0.29) is 5.56 Å². The molecule has 0 saturated heterocycles.